The van der Waals surface area contributed by atoms with Gasteiger partial charge < -0.3 is 10.1 Å². The van der Waals surface area contributed by atoms with Gasteiger partial charge in [-0.15, -0.1) is 0 Å². The molecular formula is C13H23N3O2. The van der Waals surface area contributed by atoms with E-state index < -0.39 is 0 Å². The van der Waals surface area contributed by atoms with Crippen LogP contribution in [-0.4, -0.2) is 35.4 Å². The molecule has 0 atom stereocenters. The van der Waals surface area contributed by atoms with Gasteiger partial charge in [0.2, 0.25) is 0 Å². The van der Waals surface area contributed by atoms with Crippen molar-refractivity contribution < 1.29 is 9.53 Å². The number of nitrogens with one attached hydrogen (secondary N) is 2. The number of H-pyrrole nitrogens is 1. The molecule has 0 aliphatic carbocycles. The summed E-state index contributed by atoms with van der Waals surface area (Å²) in [5, 5.41) is 9.72. The number of rotatable bonds is 7. The molecule has 0 bridgehead atoms. The van der Waals surface area contributed by atoms with E-state index in [0.29, 0.717) is 12.1 Å². The summed E-state index contributed by atoms with van der Waals surface area (Å²) in [5.74, 6) is -0.0523. The van der Waals surface area contributed by atoms with Gasteiger partial charge in [-0.25, -0.2) is 0 Å². The van der Waals surface area contributed by atoms with E-state index in [2.05, 4.69) is 15.5 Å². The van der Waals surface area contributed by atoms with Crippen molar-refractivity contribution in [3.05, 3.63) is 17.0 Å². The molecule has 1 amide bonds. The van der Waals surface area contributed by atoms with Gasteiger partial charge in [0.05, 0.1) is 17.4 Å². The van der Waals surface area contributed by atoms with Crippen molar-refractivity contribution in [3.8, 4) is 0 Å². The summed E-state index contributed by atoms with van der Waals surface area (Å²) in [6.07, 6.45) is 2.16. The molecule has 5 heteroatoms. The minimum Gasteiger partial charge on any atom is -0.379 e. The number of unbranched alkanes of at least 4 members (excludes halogenated alkanes) is 1. The maximum atomic E-state index is 11.9. The van der Waals surface area contributed by atoms with E-state index >= 15 is 0 Å². The third kappa shape index (κ3) is 4.49. The van der Waals surface area contributed by atoms with Crippen LogP contribution in [0, 0.1) is 13.8 Å². The smallest absolute Gasteiger partial charge is 0.255 e. The first-order valence-corrected chi connectivity index (χ1v) is 6.43. The highest BCUT2D eigenvalue weighted by atomic mass is 16.5. The van der Waals surface area contributed by atoms with Crippen LogP contribution in [0.25, 0.3) is 0 Å². The molecule has 1 aromatic rings. The minimum absolute atomic E-state index is 0.0523. The Bertz CT molecular complexity index is 366. The van der Waals surface area contributed by atoms with Gasteiger partial charge in [0.25, 0.3) is 5.91 Å². The highest BCUT2D eigenvalue weighted by Gasteiger charge is 2.14. The molecule has 5 nitrogen and oxygen atoms in total. The van der Waals surface area contributed by atoms with Gasteiger partial charge in [0, 0.05) is 18.8 Å². The van der Waals surface area contributed by atoms with E-state index in [1.54, 1.807) is 0 Å². The Balaban J connectivity index is 2.22. The average Bonchev–Trinajstić information content (AvgIpc) is 2.63. The van der Waals surface area contributed by atoms with Crippen molar-refractivity contribution >= 4 is 5.91 Å². The number of carbonyl (C=O) groups excluding carboxylic acids is 1. The van der Waals surface area contributed by atoms with E-state index in [4.69, 9.17) is 4.74 Å². The highest BCUT2D eigenvalue weighted by Crippen LogP contribution is 2.08. The number of hydrogen-bond donors (Lipinski definition) is 2. The van der Waals surface area contributed by atoms with Crippen LogP contribution < -0.4 is 5.32 Å². The molecule has 0 aromatic carbocycles. The van der Waals surface area contributed by atoms with E-state index in [0.717, 1.165) is 30.8 Å². The lowest BCUT2D eigenvalue weighted by Gasteiger charge is -2.08. The molecule has 0 saturated heterocycles. The summed E-state index contributed by atoms with van der Waals surface area (Å²) in [7, 11) is 0. The van der Waals surface area contributed by atoms with Crippen LogP contribution in [0.15, 0.2) is 0 Å². The van der Waals surface area contributed by atoms with E-state index in [-0.39, 0.29) is 12.0 Å². The van der Waals surface area contributed by atoms with E-state index in [9.17, 15) is 4.79 Å². The molecular weight excluding hydrogens is 230 g/mol. The van der Waals surface area contributed by atoms with Gasteiger partial charge in [-0.3, -0.25) is 9.89 Å². The van der Waals surface area contributed by atoms with Crippen molar-refractivity contribution in [2.45, 2.75) is 46.6 Å². The first-order chi connectivity index (χ1) is 8.52. The van der Waals surface area contributed by atoms with E-state index in [1.807, 2.05) is 27.7 Å². The Labute approximate surface area is 108 Å². The number of aryl methyl sites for hydroxylation is 2. The van der Waals surface area contributed by atoms with Crippen LogP contribution in [0.4, 0.5) is 0 Å². The van der Waals surface area contributed by atoms with Crippen LogP contribution in [0.5, 0.6) is 0 Å². The Hall–Kier alpha value is -1.36. The summed E-state index contributed by atoms with van der Waals surface area (Å²) in [4.78, 5) is 11.9. The van der Waals surface area contributed by atoms with Crippen LogP contribution in [0.3, 0.4) is 0 Å². The number of amides is 1. The van der Waals surface area contributed by atoms with Crippen molar-refractivity contribution in [1.29, 1.82) is 0 Å². The second-order valence-corrected chi connectivity index (χ2v) is 4.69. The average molecular weight is 253 g/mol. The van der Waals surface area contributed by atoms with Gasteiger partial charge >= 0.3 is 0 Å². The standard InChI is InChI=1S/C13H23N3O2/c1-9(2)18-8-6-5-7-14-13(17)12-10(3)15-16-11(12)4/h9H,5-8H2,1-4H3,(H,14,17)(H,15,16). The number of aromatic amines is 1. The molecule has 1 aromatic heterocycles. The lowest BCUT2D eigenvalue weighted by Crippen LogP contribution is -2.25. The van der Waals surface area contributed by atoms with Crippen molar-refractivity contribution in [3.63, 3.8) is 0 Å². The van der Waals surface area contributed by atoms with Crippen molar-refractivity contribution in [1.82, 2.24) is 15.5 Å². The van der Waals surface area contributed by atoms with Crippen LogP contribution in [0.1, 0.15) is 48.4 Å². The first-order valence-electron chi connectivity index (χ1n) is 6.43. The van der Waals surface area contributed by atoms with E-state index in [1.165, 1.54) is 0 Å². The number of ether oxygens (including phenoxy) is 1. The highest BCUT2D eigenvalue weighted by molar-refractivity contribution is 5.96. The Morgan fingerprint density at radius 3 is 2.67 bits per heavy atom. The van der Waals surface area contributed by atoms with Crippen LogP contribution in [0.2, 0.25) is 0 Å². The fourth-order valence-corrected chi connectivity index (χ4v) is 1.72. The van der Waals surface area contributed by atoms with Gasteiger partial charge in [-0.2, -0.15) is 5.10 Å². The number of aromatic nitrogens is 2. The fourth-order valence-electron chi connectivity index (χ4n) is 1.72. The second-order valence-electron chi connectivity index (χ2n) is 4.69. The van der Waals surface area contributed by atoms with Gasteiger partial charge in [0.15, 0.2) is 0 Å². The predicted octanol–water partition coefficient (Wildman–Crippen LogP) is 1.96. The zero-order chi connectivity index (χ0) is 13.5. The normalized spacial score (nSPS) is 10.9. The molecule has 102 valence electrons. The Morgan fingerprint density at radius 1 is 1.39 bits per heavy atom. The molecule has 1 rings (SSSR count). The third-order valence-electron chi connectivity index (χ3n) is 2.66. The topological polar surface area (TPSA) is 67.0 Å². The second kappa shape index (κ2) is 7.16. The summed E-state index contributed by atoms with van der Waals surface area (Å²) < 4.78 is 5.43. The Kier molecular flexibility index (Phi) is 5.85. The summed E-state index contributed by atoms with van der Waals surface area (Å²) in [6, 6.07) is 0. The van der Waals surface area contributed by atoms with Gasteiger partial charge in [-0.05, 0) is 40.5 Å². The summed E-state index contributed by atoms with van der Waals surface area (Å²) in [5.41, 5.74) is 2.22. The minimum atomic E-state index is -0.0523. The third-order valence-corrected chi connectivity index (χ3v) is 2.66. The molecule has 1 heterocycles. The molecule has 2 N–H and O–H groups in total. The van der Waals surface area contributed by atoms with Gasteiger partial charge in [-0.1, -0.05) is 0 Å². The molecule has 18 heavy (non-hydrogen) atoms. The van der Waals surface area contributed by atoms with Crippen molar-refractivity contribution in [2.24, 2.45) is 0 Å². The monoisotopic (exact) mass is 253 g/mol. The quantitative estimate of drug-likeness (QED) is 0.730. The van der Waals surface area contributed by atoms with Gasteiger partial charge in [0.1, 0.15) is 0 Å². The van der Waals surface area contributed by atoms with Crippen molar-refractivity contribution in [2.75, 3.05) is 13.2 Å². The molecule has 0 unspecified atom stereocenters. The lowest BCUT2D eigenvalue weighted by atomic mass is 10.2. The summed E-state index contributed by atoms with van der Waals surface area (Å²) >= 11 is 0. The molecule has 0 saturated carbocycles. The zero-order valence-corrected chi connectivity index (χ0v) is 11.7. The maximum Gasteiger partial charge on any atom is 0.255 e. The molecule has 0 aliphatic rings. The largest absolute Gasteiger partial charge is 0.379 e. The van der Waals surface area contributed by atoms with Crippen LogP contribution in [-0.2, 0) is 4.74 Å². The lowest BCUT2D eigenvalue weighted by molar-refractivity contribution is 0.0754. The maximum absolute atomic E-state index is 11.9. The molecule has 0 fully saturated rings. The zero-order valence-electron chi connectivity index (χ0n) is 11.7. The Morgan fingerprint density at radius 2 is 2.11 bits per heavy atom. The fraction of sp³-hybridized carbons (Fsp3) is 0.692. The molecule has 0 spiro atoms. The number of nitrogens with zero attached hydrogens (tertiary/aromatic N) is 1. The van der Waals surface area contributed by atoms with Crippen LogP contribution >= 0.6 is 0 Å². The first kappa shape index (κ1) is 14.7. The SMILES string of the molecule is Cc1n[nH]c(C)c1C(=O)NCCCCOC(C)C. The predicted molar refractivity (Wildman–Crippen MR) is 70.7 cm³/mol. The summed E-state index contributed by atoms with van der Waals surface area (Å²) in [6.45, 7) is 9.14. The molecule has 0 aliphatic heterocycles. The molecule has 0 radical (unpaired) electrons. The number of carbonyl (C=O) groups is 1. The number of hydrogen-bond acceptors (Lipinski definition) is 3.